The van der Waals surface area contributed by atoms with Gasteiger partial charge in [-0.2, -0.15) is 4.98 Å². The number of aromatic nitrogens is 4. The number of hydrogen-bond donors (Lipinski definition) is 1. The Hall–Kier alpha value is -2.08. The van der Waals surface area contributed by atoms with E-state index in [2.05, 4.69) is 19.5 Å². The number of aromatic hydroxyl groups is 1. The van der Waals surface area contributed by atoms with E-state index in [9.17, 15) is 5.11 Å². The van der Waals surface area contributed by atoms with Crippen LogP contribution in [0.3, 0.4) is 0 Å². The fourth-order valence-electron chi connectivity index (χ4n) is 2.04. The third-order valence-corrected chi connectivity index (χ3v) is 3.87. The van der Waals surface area contributed by atoms with Crippen LogP contribution in [0.2, 0.25) is 0 Å². The highest BCUT2D eigenvalue weighted by molar-refractivity contribution is 7.98. The molecule has 102 valence electrons. The van der Waals surface area contributed by atoms with E-state index >= 15 is 0 Å². The van der Waals surface area contributed by atoms with Gasteiger partial charge in [0.2, 0.25) is 5.88 Å². The summed E-state index contributed by atoms with van der Waals surface area (Å²) in [5, 5.41) is 10.0. The molecule has 0 bridgehead atoms. The van der Waals surface area contributed by atoms with E-state index in [0.29, 0.717) is 10.9 Å². The average Bonchev–Trinajstić information content (AvgIpc) is 2.73. The maximum atomic E-state index is 9.47. The summed E-state index contributed by atoms with van der Waals surface area (Å²) in [5.74, 6) is 1.62. The second-order valence-corrected chi connectivity index (χ2v) is 5.46. The maximum Gasteiger partial charge on any atom is 0.215 e. The lowest BCUT2D eigenvalue weighted by molar-refractivity contribution is 0.444. The Bertz CT molecular complexity index is 749. The van der Waals surface area contributed by atoms with Gasteiger partial charge < -0.3 is 9.67 Å². The molecule has 3 aromatic rings. The van der Waals surface area contributed by atoms with Crippen LogP contribution in [0.5, 0.6) is 5.88 Å². The first-order valence-corrected chi connectivity index (χ1v) is 7.20. The first-order valence-electron chi connectivity index (χ1n) is 6.21. The Morgan fingerprint density at radius 1 is 1.20 bits per heavy atom. The molecule has 5 nitrogen and oxygen atoms in total. The highest BCUT2D eigenvalue weighted by Gasteiger charge is 2.09. The zero-order chi connectivity index (χ0) is 14.1. The highest BCUT2D eigenvalue weighted by atomic mass is 32.2. The summed E-state index contributed by atoms with van der Waals surface area (Å²) in [5.41, 5.74) is 2.85. The van der Waals surface area contributed by atoms with Crippen LogP contribution in [0.1, 0.15) is 11.5 Å². The Labute approximate surface area is 120 Å². The molecule has 0 aliphatic heterocycles. The van der Waals surface area contributed by atoms with Crippen LogP contribution in [0, 0.1) is 6.92 Å². The van der Waals surface area contributed by atoms with Crippen molar-refractivity contribution in [3.63, 3.8) is 0 Å². The molecule has 0 radical (unpaired) electrons. The van der Waals surface area contributed by atoms with E-state index in [0.717, 1.165) is 22.6 Å². The zero-order valence-corrected chi connectivity index (χ0v) is 12.1. The van der Waals surface area contributed by atoms with Gasteiger partial charge in [0.25, 0.3) is 0 Å². The van der Waals surface area contributed by atoms with Crippen molar-refractivity contribution < 1.29 is 5.11 Å². The lowest BCUT2D eigenvalue weighted by Crippen LogP contribution is -1.97. The number of para-hydroxylation sites is 2. The van der Waals surface area contributed by atoms with Gasteiger partial charge in [-0.05, 0) is 19.1 Å². The topological polar surface area (TPSA) is 63.8 Å². The van der Waals surface area contributed by atoms with E-state index < -0.39 is 0 Å². The van der Waals surface area contributed by atoms with Gasteiger partial charge in [-0.25, -0.2) is 9.97 Å². The van der Waals surface area contributed by atoms with Crippen LogP contribution in [-0.2, 0) is 12.8 Å². The lowest BCUT2D eigenvalue weighted by Gasteiger charge is -2.03. The molecule has 1 N–H and O–H groups in total. The van der Waals surface area contributed by atoms with Crippen LogP contribution in [0.15, 0.2) is 35.5 Å². The number of imidazole rings is 1. The summed E-state index contributed by atoms with van der Waals surface area (Å²) in [6.45, 7) is 1.83. The fourth-order valence-corrected chi connectivity index (χ4v) is 2.93. The fraction of sp³-hybridized carbons (Fsp3) is 0.214. The van der Waals surface area contributed by atoms with Crippen LogP contribution in [-0.4, -0.2) is 24.6 Å². The molecular weight excluding hydrogens is 272 g/mol. The molecule has 0 unspecified atom stereocenters. The molecule has 1 aromatic carbocycles. The minimum Gasteiger partial charge on any atom is -0.493 e. The van der Waals surface area contributed by atoms with E-state index in [1.54, 1.807) is 6.07 Å². The molecule has 2 heterocycles. The Morgan fingerprint density at radius 3 is 2.75 bits per heavy atom. The predicted molar refractivity (Wildman–Crippen MR) is 78.7 cm³/mol. The number of rotatable bonds is 3. The van der Waals surface area contributed by atoms with Gasteiger partial charge >= 0.3 is 0 Å². The smallest absolute Gasteiger partial charge is 0.215 e. The third kappa shape index (κ3) is 2.46. The number of thioether (sulfide) groups is 1. The number of hydrogen-bond acceptors (Lipinski definition) is 5. The SMILES string of the molecule is Cc1cc(O)nc(SCc2nc3ccccc3n2C)n1. The van der Waals surface area contributed by atoms with Crippen LogP contribution < -0.4 is 0 Å². The second kappa shape index (κ2) is 5.13. The van der Waals surface area contributed by atoms with Crippen molar-refractivity contribution in [3.05, 3.63) is 41.9 Å². The van der Waals surface area contributed by atoms with Crippen molar-refractivity contribution in [3.8, 4) is 5.88 Å². The maximum absolute atomic E-state index is 9.47. The summed E-state index contributed by atoms with van der Waals surface area (Å²) in [7, 11) is 2.00. The Balaban J connectivity index is 1.84. The van der Waals surface area contributed by atoms with Gasteiger partial charge in [0.05, 0.1) is 16.8 Å². The summed E-state index contributed by atoms with van der Waals surface area (Å²) in [4.78, 5) is 12.9. The molecule has 3 rings (SSSR count). The van der Waals surface area contributed by atoms with Gasteiger partial charge in [0.1, 0.15) is 5.82 Å². The minimum absolute atomic E-state index is 0.00463. The number of fused-ring (bicyclic) bond motifs is 1. The number of benzene rings is 1. The average molecular weight is 286 g/mol. The summed E-state index contributed by atoms with van der Waals surface area (Å²) in [6, 6.07) is 9.57. The van der Waals surface area contributed by atoms with Crippen molar-refractivity contribution in [1.29, 1.82) is 0 Å². The van der Waals surface area contributed by atoms with E-state index in [-0.39, 0.29) is 5.88 Å². The quantitative estimate of drug-likeness (QED) is 0.592. The molecular formula is C14H14N4OS. The zero-order valence-electron chi connectivity index (χ0n) is 11.2. The lowest BCUT2D eigenvalue weighted by atomic mass is 10.3. The second-order valence-electron chi connectivity index (χ2n) is 4.51. The molecule has 2 aromatic heterocycles. The third-order valence-electron chi connectivity index (χ3n) is 3.03. The van der Waals surface area contributed by atoms with Crippen LogP contribution in [0.25, 0.3) is 11.0 Å². The predicted octanol–water partition coefficient (Wildman–Crippen LogP) is 2.67. The van der Waals surface area contributed by atoms with Gasteiger partial charge in [-0.3, -0.25) is 0 Å². The normalized spacial score (nSPS) is 11.1. The summed E-state index contributed by atoms with van der Waals surface area (Å²) in [6.07, 6.45) is 0. The Morgan fingerprint density at radius 2 is 2.00 bits per heavy atom. The molecule has 6 heteroatoms. The Kier molecular flexibility index (Phi) is 3.31. The van der Waals surface area contributed by atoms with Crippen molar-refractivity contribution >= 4 is 22.8 Å². The molecule has 0 fully saturated rings. The molecule has 20 heavy (non-hydrogen) atoms. The van der Waals surface area contributed by atoms with Gasteiger partial charge in [0, 0.05) is 18.8 Å². The molecule has 0 saturated carbocycles. The van der Waals surface area contributed by atoms with Crippen LogP contribution >= 0.6 is 11.8 Å². The van der Waals surface area contributed by atoms with Gasteiger partial charge in [0.15, 0.2) is 5.16 Å². The van der Waals surface area contributed by atoms with Gasteiger partial charge in [-0.15, -0.1) is 0 Å². The molecule has 0 spiro atoms. The highest BCUT2D eigenvalue weighted by Crippen LogP contribution is 2.23. The van der Waals surface area contributed by atoms with Crippen molar-refractivity contribution in [1.82, 2.24) is 19.5 Å². The van der Waals surface area contributed by atoms with Crippen LogP contribution in [0.4, 0.5) is 0 Å². The summed E-state index contributed by atoms with van der Waals surface area (Å²) >= 11 is 1.47. The molecule has 0 aliphatic carbocycles. The van der Waals surface area contributed by atoms with E-state index in [1.165, 1.54) is 11.8 Å². The minimum atomic E-state index is 0.00463. The van der Waals surface area contributed by atoms with Crippen molar-refractivity contribution in [2.75, 3.05) is 0 Å². The van der Waals surface area contributed by atoms with Crippen molar-refractivity contribution in [2.24, 2.45) is 7.05 Å². The largest absolute Gasteiger partial charge is 0.493 e. The molecule has 0 saturated heterocycles. The number of nitrogens with zero attached hydrogens (tertiary/aromatic N) is 4. The van der Waals surface area contributed by atoms with Gasteiger partial charge in [-0.1, -0.05) is 23.9 Å². The molecule has 0 amide bonds. The monoisotopic (exact) mass is 286 g/mol. The number of aryl methyl sites for hydroxylation is 2. The first kappa shape index (κ1) is 12.9. The van der Waals surface area contributed by atoms with E-state index in [1.807, 2.05) is 38.2 Å². The molecule has 0 atom stereocenters. The van der Waals surface area contributed by atoms with Crippen molar-refractivity contribution in [2.45, 2.75) is 17.8 Å². The first-order chi connectivity index (χ1) is 9.63. The molecule has 0 aliphatic rings. The summed E-state index contributed by atoms with van der Waals surface area (Å²) < 4.78 is 2.07. The standard InChI is InChI=1S/C14H14N4OS/c1-9-7-13(19)17-14(15-9)20-8-12-16-10-5-3-4-6-11(10)18(12)2/h3-7H,8H2,1-2H3,(H,15,17,19). The van der Waals surface area contributed by atoms with E-state index in [4.69, 9.17) is 0 Å².